The molecule has 0 bridgehead atoms. The van der Waals surface area contributed by atoms with Crippen molar-refractivity contribution in [2.24, 2.45) is 4.99 Å². The van der Waals surface area contributed by atoms with Gasteiger partial charge in [0, 0.05) is 18.7 Å². The summed E-state index contributed by atoms with van der Waals surface area (Å²) < 4.78 is 15.8. The molecule has 0 aliphatic heterocycles. The second kappa shape index (κ2) is 12.2. The average molecular weight is 501 g/mol. The first-order chi connectivity index (χ1) is 13.1. The molecule has 2 aromatic rings. The van der Waals surface area contributed by atoms with Crippen molar-refractivity contribution in [2.45, 2.75) is 20.0 Å². The van der Waals surface area contributed by atoms with Gasteiger partial charge in [-0.25, -0.2) is 4.99 Å². The highest BCUT2D eigenvalue weighted by Gasteiger charge is 2.07. The number of methoxy groups -OCH3 is 3. The lowest BCUT2D eigenvalue weighted by molar-refractivity contribution is 0.354. The van der Waals surface area contributed by atoms with Crippen LogP contribution in [0.5, 0.6) is 23.0 Å². The molecule has 0 aliphatic rings. The number of aliphatic imine (C=N–C) groups is 1. The molecule has 0 fully saturated rings. The van der Waals surface area contributed by atoms with E-state index in [1.54, 1.807) is 39.5 Å². The van der Waals surface area contributed by atoms with E-state index in [-0.39, 0.29) is 29.7 Å². The third-order valence-electron chi connectivity index (χ3n) is 3.94. The Kier molecular flexibility index (Phi) is 10.3. The molecule has 2 rings (SSSR count). The quantitative estimate of drug-likeness (QED) is 0.293. The molecule has 8 heteroatoms. The lowest BCUT2D eigenvalue weighted by atomic mass is 10.2. The Morgan fingerprint density at radius 2 is 1.71 bits per heavy atom. The number of halogens is 1. The van der Waals surface area contributed by atoms with Crippen LogP contribution in [-0.4, -0.2) is 38.9 Å². The number of hydrogen-bond donors (Lipinski definition) is 3. The predicted octanol–water partition coefficient (Wildman–Crippen LogP) is 3.29. The van der Waals surface area contributed by atoms with Gasteiger partial charge >= 0.3 is 0 Å². The van der Waals surface area contributed by atoms with Crippen molar-refractivity contribution in [3.05, 3.63) is 47.5 Å². The molecular weight excluding hydrogens is 473 g/mol. The van der Waals surface area contributed by atoms with E-state index in [0.29, 0.717) is 36.3 Å². The molecule has 0 aliphatic carbocycles. The second-order valence-electron chi connectivity index (χ2n) is 5.73. The van der Waals surface area contributed by atoms with E-state index >= 15 is 0 Å². The van der Waals surface area contributed by atoms with Gasteiger partial charge in [0.15, 0.2) is 17.5 Å². The lowest BCUT2D eigenvalue weighted by Crippen LogP contribution is -2.36. The zero-order valence-electron chi connectivity index (χ0n) is 16.6. The molecule has 0 spiro atoms. The summed E-state index contributed by atoms with van der Waals surface area (Å²) in [4.78, 5) is 4.59. The van der Waals surface area contributed by atoms with Crippen molar-refractivity contribution >= 4 is 29.9 Å². The Morgan fingerprint density at radius 1 is 0.964 bits per heavy atom. The molecule has 0 amide bonds. The Balaban J connectivity index is 0.00000392. The van der Waals surface area contributed by atoms with Gasteiger partial charge in [0.2, 0.25) is 0 Å². The van der Waals surface area contributed by atoms with Gasteiger partial charge in [0.1, 0.15) is 11.5 Å². The molecule has 0 heterocycles. The van der Waals surface area contributed by atoms with Gasteiger partial charge in [0.05, 0.1) is 27.9 Å². The average Bonchev–Trinajstić information content (AvgIpc) is 2.70. The maximum absolute atomic E-state index is 10.0. The van der Waals surface area contributed by atoms with Gasteiger partial charge in [-0.3, -0.25) is 0 Å². The van der Waals surface area contributed by atoms with Crippen LogP contribution in [0.4, 0.5) is 0 Å². The molecule has 0 unspecified atom stereocenters. The first-order valence-corrected chi connectivity index (χ1v) is 8.70. The van der Waals surface area contributed by atoms with Crippen molar-refractivity contribution in [1.82, 2.24) is 10.6 Å². The number of aromatic hydroxyl groups is 1. The first-order valence-electron chi connectivity index (χ1n) is 8.70. The number of guanidine groups is 1. The van der Waals surface area contributed by atoms with E-state index in [1.165, 1.54) is 0 Å². The zero-order valence-corrected chi connectivity index (χ0v) is 18.9. The maximum Gasteiger partial charge on any atom is 0.191 e. The van der Waals surface area contributed by atoms with Crippen LogP contribution < -0.4 is 24.8 Å². The van der Waals surface area contributed by atoms with Gasteiger partial charge in [-0.15, -0.1) is 24.0 Å². The van der Waals surface area contributed by atoms with E-state index in [0.717, 1.165) is 17.7 Å². The van der Waals surface area contributed by atoms with E-state index in [4.69, 9.17) is 14.2 Å². The fraction of sp³-hybridized carbons (Fsp3) is 0.350. The van der Waals surface area contributed by atoms with Crippen molar-refractivity contribution in [3.8, 4) is 23.0 Å². The van der Waals surface area contributed by atoms with Crippen LogP contribution in [0.3, 0.4) is 0 Å². The largest absolute Gasteiger partial charge is 0.508 e. The minimum atomic E-state index is 0. The topological polar surface area (TPSA) is 84.3 Å². The third kappa shape index (κ3) is 6.66. The molecule has 2 aromatic carbocycles. The van der Waals surface area contributed by atoms with Crippen LogP contribution in [-0.2, 0) is 13.1 Å². The van der Waals surface area contributed by atoms with E-state index in [9.17, 15) is 5.11 Å². The molecule has 0 saturated heterocycles. The fourth-order valence-corrected chi connectivity index (χ4v) is 2.50. The normalized spacial score (nSPS) is 10.6. The molecule has 28 heavy (non-hydrogen) atoms. The summed E-state index contributed by atoms with van der Waals surface area (Å²) in [6, 6.07) is 10.8. The van der Waals surface area contributed by atoms with Crippen molar-refractivity contribution in [3.63, 3.8) is 0 Å². The van der Waals surface area contributed by atoms with Crippen molar-refractivity contribution < 1.29 is 19.3 Å². The second-order valence-corrected chi connectivity index (χ2v) is 5.73. The van der Waals surface area contributed by atoms with Crippen LogP contribution in [0, 0.1) is 0 Å². The Morgan fingerprint density at radius 3 is 2.36 bits per heavy atom. The van der Waals surface area contributed by atoms with E-state index in [2.05, 4.69) is 15.6 Å². The van der Waals surface area contributed by atoms with Gasteiger partial charge < -0.3 is 30.0 Å². The fourth-order valence-electron chi connectivity index (χ4n) is 2.50. The minimum absolute atomic E-state index is 0. The van der Waals surface area contributed by atoms with Gasteiger partial charge in [0.25, 0.3) is 0 Å². The molecule has 154 valence electrons. The number of phenols is 1. The maximum atomic E-state index is 10.0. The van der Waals surface area contributed by atoms with E-state index < -0.39 is 0 Å². The highest BCUT2D eigenvalue weighted by atomic mass is 127. The monoisotopic (exact) mass is 501 g/mol. The lowest BCUT2D eigenvalue weighted by Gasteiger charge is -2.13. The van der Waals surface area contributed by atoms with Crippen molar-refractivity contribution in [2.75, 3.05) is 27.9 Å². The summed E-state index contributed by atoms with van der Waals surface area (Å²) in [5, 5.41) is 16.4. The Bertz CT molecular complexity index is 784. The Labute approximate surface area is 183 Å². The van der Waals surface area contributed by atoms with Crippen LogP contribution >= 0.6 is 24.0 Å². The smallest absolute Gasteiger partial charge is 0.191 e. The molecule has 0 saturated carbocycles. The summed E-state index contributed by atoms with van der Waals surface area (Å²) in [6.07, 6.45) is 0. The number of hydrogen-bond acceptors (Lipinski definition) is 5. The van der Waals surface area contributed by atoms with Crippen LogP contribution in [0.2, 0.25) is 0 Å². The molecule has 0 atom stereocenters. The summed E-state index contributed by atoms with van der Waals surface area (Å²) >= 11 is 0. The van der Waals surface area contributed by atoms with Gasteiger partial charge in [-0.1, -0.05) is 6.07 Å². The van der Waals surface area contributed by atoms with Crippen LogP contribution in [0.1, 0.15) is 18.1 Å². The summed E-state index contributed by atoms with van der Waals surface area (Å²) in [5.74, 6) is 2.90. The number of nitrogens with zero attached hydrogens (tertiary/aromatic N) is 1. The number of nitrogens with one attached hydrogen (secondary N) is 2. The SMILES string of the molecule is CCNC(=NCc1ccc(OC)c(OC)c1)NCc1cc(OC)ccc1O.I. The highest BCUT2D eigenvalue weighted by Crippen LogP contribution is 2.27. The minimum Gasteiger partial charge on any atom is -0.508 e. The molecule has 0 aromatic heterocycles. The summed E-state index contributed by atoms with van der Waals surface area (Å²) in [6.45, 7) is 3.61. The first kappa shape index (κ1) is 23.7. The van der Waals surface area contributed by atoms with Crippen molar-refractivity contribution in [1.29, 1.82) is 0 Å². The Hall–Kier alpha value is -2.36. The van der Waals surface area contributed by atoms with Crippen LogP contribution in [0.15, 0.2) is 41.4 Å². The number of benzene rings is 2. The number of phenolic OH excluding ortho intramolecular Hbond substituents is 1. The number of ether oxygens (including phenoxy) is 3. The molecule has 7 nitrogen and oxygen atoms in total. The molecule has 3 N–H and O–H groups in total. The number of rotatable bonds is 8. The standard InChI is InChI=1S/C20H27N3O4.HI/c1-5-21-20(23-13-15-11-16(25-2)7-8-17(15)24)22-12-14-6-9-18(26-3)19(10-14)27-4;/h6-11,24H,5,12-13H2,1-4H3,(H2,21,22,23);1H. The molecule has 0 radical (unpaired) electrons. The summed E-state index contributed by atoms with van der Waals surface area (Å²) in [7, 11) is 4.81. The third-order valence-corrected chi connectivity index (χ3v) is 3.94. The van der Waals surface area contributed by atoms with Gasteiger partial charge in [-0.05, 0) is 42.8 Å². The zero-order chi connectivity index (χ0) is 19.6. The van der Waals surface area contributed by atoms with Gasteiger partial charge in [-0.2, -0.15) is 0 Å². The highest BCUT2D eigenvalue weighted by molar-refractivity contribution is 14.0. The molecular formula is C20H28IN3O4. The van der Waals surface area contributed by atoms with Crippen LogP contribution in [0.25, 0.3) is 0 Å². The summed E-state index contributed by atoms with van der Waals surface area (Å²) in [5.41, 5.74) is 1.72. The predicted molar refractivity (Wildman–Crippen MR) is 121 cm³/mol. The van der Waals surface area contributed by atoms with E-state index in [1.807, 2.05) is 25.1 Å².